The lowest BCUT2D eigenvalue weighted by atomic mass is 10.1. The molecule has 10 heteroatoms. The first-order valence-corrected chi connectivity index (χ1v) is 10.6. The molecule has 3 aromatic carbocycles. The number of benzene rings is 3. The van der Waals surface area contributed by atoms with Crippen molar-refractivity contribution >= 4 is 52.9 Å². The standard InChI is InChI=1S/C24H19Cl2N3O5/c1-14-4-3-5-16(10-14)24(32)34-20-9-6-15(11-21(20)33-2)13-27-29-23(31)22(30)28-19-12-17(25)7-8-18(19)26/h3-13H,1-2H3,(H,28,30)(H,29,31)/b27-13+. The van der Waals surface area contributed by atoms with Gasteiger partial charge in [-0.25, -0.2) is 10.2 Å². The molecular weight excluding hydrogens is 481 g/mol. The fourth-order valence-corrected chi connectivity index (χ4v) is 3.11. The molecule has 0 saturated heterocycles. The highest BCUT2D eigenvalue weighted by Crippen LogP contribution is 2.28. The molecule has 0 bridgehead atoms. The van der Waals surface area contributed by atoms with E-state index >= 15 is 0 Å². The molecule has 0 aliphatic carbocycles. The Morgan fingerprint density at radius 2 is 1.74 bits per heavy atom. The quantitative estimate of drug-likeness (QED) is 0.169. The van der Waals surface area contributed by atoms with Crippen LogP contribution in [0.25, 0.3) is 0 Å². The van der Waals surface area contributed by atoms with Crippen molar-refractivity contribution in [1.82, 2.24) is 5.43 Å². The van der Waals surface area contributed by atoms with Crippen molar-refractivity contribution in [3.05, 3.63) is 87.4 Å². The van der Waals surface area contributed by atoms with Gasteiger partial charge in [0, 0.05) is 5.02 Å². The SMILES string of the molecule is COc1cc(/C=N/NC(=O)C(=O)Nc2cc(Cl)ccc2Cl)ccc1OC(=O)c1cccc(C)c1. The molecule has 2 N–H and O–H groups in total. The van der Waals surface area contributed by atoms with E-state index in [-0.39, 0.29) is 22.2 Å². The lowest BCUT2D eigenvalue weighted by molar-refractivity contribution is -0.136. The molecular formula is C24H19Cl2N3O5. The molecule has 3 aromatic rings. The van der Waals surface area contributed by atoms with Gasteiger partial charge in [-0.05, 0) is 61.0 Å². The van der Waals surface area contributed by atoms with Crippen LogP contribution in [0.3, 0.4) is 0 Å². The molecule has 174 valence electrons. The van der Waals surface area contributed by atoms with Crippen LogP contribution in [0.2, 0.25) is 10.0 Å². The molecule has 0 aliphatic rings. The number of hydrogen-bond acceptors (Lipinski definition) is 6. The Kier molecular flexibility index (Phi) is 8.24. The van der Waals surface area contributed by atoms with E-state index in [0.717, 1.165) is 5.56 Å². The number of anilines is 1. The van der Waals surface area contributed by atoms with Gasteiger partial charge in [0.2, 0.25) is 0 Å². The minimum atomic E-state index is -1.01. The van der Waals surface area contributed by atoms with Crippen molar-refractivity contribution in [2.45, 2.75) is 6.92 Å². The molecule has 0 heterocycles. The Morgan fingerprint density at radius 3 is 2.47 bits per heavy atom. The van der Waals surface area contributed by atoms with E-state index in [1.54, 1.807) is 36.4 Å². The van der Waals surface area contributed by atoms with Gasteiger partial charge in [-0.15, -0.1) is 0 Å². The van der Waals surface area contributed by atoms with Crippen molar-refractivity contribution in [3.8, 4) is 11.5 Å². The summed E-state index contributed by atoms with van der Waals surface area (Å²) in [6.45, 7) is 1.88. The van der Waals surface area contributed by atoms with Gasteiger partial charge in [0.15, 0.2) is 11.5 Å². The van der Waals surface area contributed by atoms with E-state index in [0.29, 0.717) is 16.1 Å². The summed E-state index contributed by atoms with van der Waals surface area (Å²) in [6.07, 6.45) is 1.30. The van der Waals surface area contributed by atoms with Crippen molar-refractivity contribution in [2.24, 2.45) is 5.10 Å². The number of carbonyl (C=O) groups is 3. The molecule has 0 aliphatic heterocycles. The zero-order valence-electron chi connectivity index (χ0n) is 18.1. The number of aryl methyl sites for hydroxylation is 1. The number of hydrazone groups is 1. The monoisotopic (exact) mass is 499 g/mol. The third kappa shape index (κ3) is 6.57. The Bertz CT molecular complexity index is 1280. The summed E-state index contributed by atoms with van der Waals surface area (Å²) < 4.78 is 10.7. The summed E-state index contributed by atoms with van der Waals surface area (Å²) in [7, 11) is 1.42. The molecule has 0 spiro atoms. The Hall–Kier alpha value is -3.88. The molecule has 0 fully saturated rings. The van der Waals surface area contributed by atoms with Crippen LogP contribution in [0.5, 0.6) is 11.5 Å². The average Bonchev–Trinajstić information content (AvgIpc) is 2.82. The second kappa shape index (κ2) is 11.3. The van der Waals surface area contributed by atoms with Crippen LogP contribution in [0.1, 0.15) is 21.5 Å². The number of rotatable bonds is 6. The van der Waals surface area contributed by atoms with Crippen LogP contribution in [-0.4, -0.2) is 31.1 Å². The van der Waals surface area contributed by atoms with Gasteiger partial charge in [0.05, 0.1) is 29.6 Å². The molecule has 0 aromatic heterocycles. The fourth-order valence-electron chi connectivity index (χ4n) is 2.77. The minimum absolute atomic E-state index is 0.193. The van der Waals surface area contributed by atoms with Crippen molar-refractivity contribution in [3.63, 3.8) is 0 Å². The van der Waals surface area contributed by atoms with Crippen LogP contribution in [0.15, 0.2) is 65.8 Å². The van der Waals surface area contributed by atoms with Gasteiger partial charge in [-0.2, -0.15) is 5.10 Å². The summed E-state index contributed by atoms with van der Waals surface area (Å²) >= 11 is 11.8. The summed E-state index contributed by atoms with van der Waals surface area (Å²) in [5.74, 6) is -2.01. The Balaban J connectivity index is 1.62. The van der Waals surface area contributed by atoms with E-state index in [9.17, 15) is 14.4 Å². The smallest absolute Gasteiger partial charge is 0.343 e. The van der Waals surface area contributed by atoms with Crippen LogP contribution in [0, 0.1) is 6.92 Å². The number of nitrogens with zero attached hydrogens (tertiary/aromatic N) is 1. The number of halogens is 2. The van der Waals surface area contributed by atoms with Gasteiger partial charge in [-0.3, -0.25) is 9.59 Å². The summed E-state index contributed by atoms with van der Waals surface area (Å²) in [6, 6.07) is 16.2. The minimum Gasteiger partial charge on any atom is -0.493 e. The molecule has 0 radical (unpaired) electrons. The van der Waals surface area contributed by atoms with Crippen molar-refractivity contribution < 1.29 is 23.9 Å². The Morgan fingerprint density at radius 1 is 0.941 bits per heavy atom. The maximum atomic E-state index is 12.4. The van der Waals surface area contributed by atoms with Gasteiger partial charge < -0.3 is 14.8 Å². The number of hydrogen-bond donors (Lipinski definition) is 2. The first-order valence-electron chi connectivity index (χ1n) is 9.83. The normalized spacial score (nSPS) is 10.6. The van der Waals surface area contributed by atoms with Gasteiger partial charge in [-0.1, -0.05) is 40.9 Å². The highest BCUT2D eigenvalue weighted by Gasteiger charge is 2.15. The summed E-state index contributed by atoms with van der Waals surface area (Å²) in [4.78, 5) is 36.4. The number of methoxy groups -OCH3 is 1. The van der Waals surface area contributed by atoms with Crippen LogP contribution in [-0.2, 0) is 9.59 Å². The molecule has 8 nitrogen and oxygen atoms in total. The van der Waals surface area contributed by atoms with Crippen LogP contribution >= 0.6 is 23.2 Å². The van der Waals surface area contributed by atoms with Crippen LogP contribution in [0.4, 0.5) is 5.69 Å². The highest BCUT2D eigenvalue weighted by molar-refractivity contribution is 6.42. The average molecular weight is 500 g/mol. The van der Waals surface area contributed by atoms with E-state index in [2.05, 4.69) is 15.8 Å². The Labute approximate surface area is 205 Å². The second-order valence-electron chi connectivity index (χ2n) is 6.95. The molecule has 0 atom stereocenters. The van der Waals surface area contributed by atoms with Gasteiger partial charge in [0.1, 0.15) is 0 Å². The lowest BCUT2D eigenvalue weighted by Crippen LogP contribution is -2.32. The van der Waals surface area contributed by atoms with E-state index in [1.807, 2.05) is 13.0 Å². The summed E-state index contributed by atoms with van der Waals surface area (Å²) in [5, 5.41) is 6.68. The maximum absolute atomic E-state index is 12.4. The predicted octanol–water partition coefficient (Wildman–Crippen LogP) is 4.62. The van der Waals surface area contributed by atoms with Crippen LogP contribution < -0.4 is 20.2 Å². The van der Waals surface area contributed by atoms with Crippen molar-refractivity contribution in [2.75, 3.05) is 12.4 Å². The molecule has 0 saturated carbocycles. The topological polar surface area (TPSA) is 106 Å². The predicted molar refractivity (Wildman–Crippen MR) is 130 cm³/mol. The number of esters is 1. The largest absolute Gasteiger partial charge is 0.493 e. The zero-order chi connectivity index (χ0) is 24.7. The van der Waals surface area contributed by atoms with E-state index in [1.165, 1.54) is 31.5 Å². The molecule has 0 unspecified atom stereocenters. The first kappa shape index (κ1) is 24.8. The van der Waals surface area contributed by atoms with Gasteiger partial charge >= 0.3 is 17.8 Å². The number of nitrogens with one attached hydrogen (secondary N) is 2. The van der Waals surface area contributed by atoms with Crippen molar-refractivity contribution in [1.29, 1.82) is 0 Å². The maximum Gasteiger partial charge on any atom is 0.343 e. The zero-order valence-corrected chi connectivity index (χ0v) is 19.6. The third-order valence-electron chi connectivity index (χ3n) is 4.41. The molecule has 3 rings (SSSR count). The number of ether oxygens (including phenoxy) is 2. The number of carbonyl (C=O) groups excluding carboxylic acids is 3. The molecule has 34 heavy (non-hydrogen) atoms. The van der Waals surface area contributed by atoms with E-state index in [4.69, 9.17) is 32.7 Å². The highest BCUT2D eigenvalue weighted by atomic mass is 35.5. The third-order valence-corrected chi connectivity index (χ3v) is 4.97. The lowest BCUT2D eigenvalue weighted by Gasteiger charge is -2.10. The first-order chi connectivity index (χ1) is 16.3. The summed E-state index contributed by atoms with van der Waals surface area (Å²) in [5.41, 5.74) is 4.17. The van der Waals surface area contributed by atoms with E-state index < -0.39 is 17.8 Å². The fraction of sp³-hybridized carbons (Fsp3) is 0.0833. The van der Waals surface area contributed by atoms with Gasteiger partial charge in [0.25, 0.3) is 0 Å². The second-order valence-corrected chi connectivity index (χ2v) is 7.79. The number of amides is 2. The molecule has 2 amide bonds.